The SMILES string of the molecule is c1ccc(-c2cc(-c3ccccc3)cc(-c3nc(-c4cc(-c5ccccc5)cc(-c5ccccc5)c4)nc(-n4c5ccccc5c5c4c4cccc6c7ccccc7c5n64)n3)c2)cc1. The van der Waals surface area contributed by atoms with Gasteiger partial charge < -0.3 is 4.40 Å². The molecular formula is C59H37N5. The fraction of sp³-hybridized carbons (Fsp3) is 0. The van der Waals surface area contributed by atoms with Gasteiger partial charge >= 0.3 is 0 Å². The van der Waals surface area contributed by atoms with Crippen LogP contribution in [0.1, 0.15) is 0 Å². The minimum Gasteiger partial charge on any atom is -0.306 e. The Kier molecular flexibility index (Phi) is 8.15. The average molecular weight is 816 g/mol. The van der Waals surface area contributed by atoms with Gasteiger partial charge in [0.15, 0.2) is 11.6 Å². The molecular weight excluding hydrogens is 779 g/mol. The minimum absolute atomic E-state index is 0.558. The van der Waals surface area contributed by atoms with Gasteiger partial charge in [0.1, 0.15) is 0 Å². The van der Waals surface area contributed by atoms with Crippen molar-refractivity contribution in [2.24, 2.45) is 0 Å². The van der Waals surface area contributed by atoms with Crippen LogP contribution in [0.5, 0.6) is 0 Å². The highest BCUT2D eigenvalue weighted by Crippen LogP contribution is 2.45. The number of benzene rings is 8. The molecule has 5 nitrogen and oxygen atoms in total. The van der Waals surface area contributed by atoms with Gasteiger partial charge in [0.05, 0.1) is 27.6 Å². The van der Waals surface area contributed by atoms with E-state index in [0.29, 0.717) is 17.6 Å². The van der Waals surface area contributed by atoms with E-state index in [1.54, 1.807) is 0 Å². The Morgan fingerprint density at radius 3 is 1.16 bits per heavy atom. The molecule has 0 fully saturated rings. The van der Waals surface area contributed by atoms with Crippen LogP contribution in [0.15, 0.2) is 224 Å². The number of rotatable bonds is 7. The number of aromatic nitrogens is 5. The molecule has 298 valence electrons. The van der Waals surface area contributed by atoms with E-state index in [1.807, 2.05) is 0 Å². The first-order valence-corrected chi connectivity index (χ1v) is 21.7. The third-order valence-electron chi connectivity index (χ3n) is 12.7. The van der Waals surface area contributed by atoms with Crippen molar-refractivity contribution in [1.29, 1.82) is 0 Å². The smallest absolute Gasteiger partial charge is 0.238 e. The van der Waals surface area contributed by atoms with Gasteiger partial charge in [0, 0.05) is 32.7 Å². The minimum atomic E-state index is 0.558. The molecule has 5 aromatic heterocycles. The Morgan fingerprint density at radius 2 is 0.656 bits per heavy atom. The lowest BCUT2D eigenvalue weighted by Gasteiger charge is -2.15. The molecule has 0 saturated carbocycles. The first-order valence-electron chi connectivity index (χ1n) is 21.7. The number of nitrogens with zero attached hydrogens (tertiary/aromatic N) is 5. The van der Waals surface area contributed by atoms with E-state index in [2.05, 4.69) is 233 Å². The number of fused-ring (bicyclic) bond motifs is 8. The lowest BCUT2D eigenvalue weighted by molar-refractivity contribution is 0.955. The predicted octanol–water partition coefficient (Wildman–Crippen LogP) is 15.0. The van der Waals surface area contributed by atoms with E-state index >= 15 is 0 Å². The van der Waals surface area contributed by atoms with Crippen molar-refractivity contribution in [2.75, 3.05) is 0 Å². The summed E-state index contributed by atoms with van der Waals surface area (Å²) in [5.74, 6) is 1.74. The molecule has 0 unspecified atom stereocenters. The Balaban J connectivity index is 1.14. The lowest BCUT2D eigenvalue weighted by Crippen LogP contribution is -2.07. The molecule has 13 aromatic rings. The Labute approximate surface area is 369 Å². The monoisotopic (exact) mass is 815 g/mol. The fourth-order valence-corrected chi connectivity index (χ4v) is 9.78. The van der Waals surface area contributed by atoms with Gasteiger partial charge in [-0.1, -0.05) is 170 Å². The molecule has 0 saturated heterocycles. The van der Waals surface area contributed by atoms with Crippen molar-refractivity contribution in [1.82, 2.24) is 23.9 Å². The van der Waals surface area contributed by atoms with E-state index in [4.69, 9.17) is 15.0 Å². The highest BCUT2D eigenvalue weighted by Gasteiger charge is 2.26. The summed E-state index contributed by atoms with van der Waals surface area (Å²) in [7, 11) is 0. The second kappa shape index (κ2) is 14.5. The van der Waals surface area contributed by atoms with Crippen molar-refractivity contribution >= 4 is 49.1 Å². The van der Waals surface area contributed by atoms with Crippen LogP contribution >= 0.6 is 0 Å². The molecule has 0 aliphatic rings. The molecule has 8 aromatic carbocycles. The van der Waals surface area contributed by atoms with Gasteiger partial charge in [-0.25, -0.2) is 4.98 Å². The summed E-state index contributed by atoms with van der Waals surface area (Å²) in [5, 5.41) is 4.81. The molecule has 5 heteroatoms. The highest BCUT2D eigenvalue weighted by molar-refractivity contribution is 6.30. The van der Waals surface area contributed by atoms with E-state index in [1.165, 1.54) is 27.2 Å². The van der Waals surface area contributed by atoms with Crippen LogP contribution in [-0.2, 0) is 0 Å². The van der Waals surface area contributed by atoms with E-state index in [0.717, 1.165) is 77.6 Å². The van der Waals surface area contributed by atoms with Crippen LogP contribution in [0, 0.1) is 0 Å². The topological polar surface area (TPSA) is 48.0 Å². The first-order chi connectivity index (χ1) is 31.7. The van der Waals surface area contributed by atoms with E-state index in [9.17, 15) is 0 Å². The number of pyridine rings is 1. The zero-order valence-electron chi connectivity index (χ0n) is 34.6. The van der Waals surface area contributed by atoms with E-state index < -0.39 is 0 Å². The van der Waals surface area contributed by atoms with E-state index in [-0.39, 0.29) is 0 Å². The maximum Gasteiger partial charge on any atom is 0.238 e. The van der Waals surface area contributed by atoms with Crippen LogP contribution in [0.2, 0.25) is 0 Å². The van der Waals surface area contributed by atoms with Crippen molar-refractivity contribution in [3.8, 4) is 73.2 Å². The quantitative estimate of drug-likeness (QED) is 0.161. The van der Waals surface area contributed by atoms with Gasteiger partial charge in [-0.15, -0.1) is 0 Å². The maximum atomic E-state index is 5.53. The van der Waals surface area contributed by atoms with Crippen molar-refractivity contribution in [3.63, 3.8) is 0 Å². The van der Waals surface area contributed by atoms with Gasteiger partial charge in [-0.2, -0.15) is 9.97 Å². The van der Waals surface area contributed by atoms with Crippen molar-refractivity contribution < 1.29 is 0 Å². The summed E-state index contributed by atoms with van der Waals surface area (Å²) in [6, 6.07) is 79.7. The third kappa shape index (κ3) is 5.75. The predicted molar refractivity (Wildman–Crippen MR) is 264 cm³/mol. The normalized spacial score (nSPS) is 11.8. The summed E-state index contributed by atoms with van der Waals surface area (Å²) in [4.78, 5) is 16.5. The summed E-state index contributed by atoms with van der Waals surface area (Å²) in [6.07, 6.45) is 0. The lowest BCUT2D eigenvalue weighted by atomic mass is 9.95. The zero-order chi connectivity index (χ0) is 42.1. The summed E-state index contributed by atoms with van der Waals surface area (Å²) in [5.41, 5.74) is 16.2. The molecule has 13 rings (SSSR count). The first kappa shape index (κ1) is 36.0. The second-order valence-corrected chi connectivity index (χ2v) is 16.4. The molecule has 0 spiro atoms. The number of para-hydroxylation sites is 1. The van der Waals surface area contributed by atoms with Crippen LogP contribution in [0.25, 0.3) is 122 Å². The molecule has 0 aliphatic heterocycles. The molecule has 0 bridgehead atoms. The summed E-state index contributed by atoms with van der Waals surface area (Å²) >= 11 is 0. The van der Waals surface area contributed by atoms with Crippen molar-refractivity contribution in [2.45, 2.75) is 0 Å². The largest absolute Gasteiger partial charge is 0.306 e. The van der Waals surface area contributed by atoms with Crippen LogP contribution in [-0.4, -0.2) is 23.9 Å². The highest BCUT2D eigenvalue weighted by atomic mass is 15.2. The van der Waals surface area contributed by atoms with Crippen LogP contribution in [0.4, 0.5) is 0 Å². The molecule has 0 radical (unpaired) electrons. The zero-order valence-corrected chi connectivity index (χ0v) is 34.6. The standard InChI is InChI=1S/C59H37N5/c1-5-18-38(19-6-1)42-32-43(39-20-7-2-8-21-39)35-46(34-42)57-60-58(47-36-44(40-22-9-3-10-23-40)33-45(37-47)41-24-11-4-12-25-41)62-59(61-57)64-52-29-16-15-28-50(52)54-55-49-27-14-13-26-48(49)51-30-17-31-53(56(54)64)63(51)55/h1-37H. The van der Waals surface area contributed by atoms with Gasteiger partial charge in [-0.3, -0.25) is 4.57 Å². The van der Waals surface area contributed by atoms with Gasteiger partial charge in [0.25, 0.3) is 0 Å². The molecule has 5 heterocycles. The fourth-order valence-electron chi connectivity index (χ4n) is 9.78. The number of hydrogen-bond donors (Lipinski definition) is 0. The van der Waals surface area contributed by atoms with Gasteiger partial charge in [-0.05, 0) is 99.1 Å². The summed E-state index contributed by atoms with van der Waals surface area (Å²) < 4.78 is 4.69. The maximum absolute atomic E-state index is 5.53. The Bertz CT molecular complexity index is 3610. The average Bonchev–Trinajstić information content (AvgIpc) is 4.02. The van der Waals surface area contributed by atoms with Gasteiger partial charge in [0.2, 0.25) is 5.95 Å². The molecule has 0 N–H and O–H groups in total. The second-order valence-electron chi connectivity index (χ2n) is 16.4. The number of hydrogen-bond acceptors (Lipinski definition) is 3. The molecule has 0 amide bonds. The molecule has 0 atom stereocenters. The van der Waals surface area contributed by atoms with Crippen LogP contribution < -0.4 is 0 Å². The molecule has 64 heavy (non-hydrogen) atoms. The Morgan fingerprint density at radius 1 is 0.266 bits per heavy atom. The van der Waals surface area contributed by atoms with Crippen molar-refractivity contribution in [3.05, 3.63) is 224 Å². The Hall–Kier alpha value is -8.67. The van der Waals surface area contributed by atoms with Crippen LogP contribution in [0.3, 0.4) is 0 Å². The third-order valence-corrected chi connectivity index (χ3v) is 12.7. The molecule has 0 aliphatic carbocycles. The summed E-state index contributed by atoms with van der Waals surface area (Å²) in [6.45, 7) is 0.